The summed E-state index contributed by atoms with van der Waals surface area (Å²) < 4.78 is 5.54. The Kier molecular flexibility index (Phi) is 4.63. The van der Waals surface area contributed by atoms with Gasteiger partial charge in [-0.15, -0.1) is 0 Å². The van der Waals surface area contributed by atoms with Gasteiger partial charge in [0.15, 0.2) is 0 Å². The monoisotopic (exact) mass is 207 g/mol. The van der Waals surface area contributed by atoms with Crippen LogP contribution >= 0.6 is 0 Å². The van der Waals surface area contributed by atoms with Crippen molar-refractivity contribution in [3.63, 3.8) is 0 Å². The van der Waals surface area contributed by atoms with Gasteiger partial charge in [0.2, 0.25) is 0 Å². The number of ether oxygens (including phenoxy) is 1. The van der Waals surface area contributed by atoms with Crippen molar-refractivity contribution in [2.45, 2.75) is 13.3 Å². The average Bonchev–Trinajstić information content (AvgIpc) is 2.25. The van der Waals surface area contributed by atoms with E-state index in [1.165, 1.54) is 5.56 Å². The molecule has 1 rings (SSSR count). The Morgan fingerprint density at radius 3 is 2.93 bits per heavy atom. The smallest absolute Gasteiger partial charge is 0.119 e. The van der Waals surface area contributed by atoms with E-state index in [4.69, 9.17) is 10.6 Å². The Morgan fingerprint density at radius 1 is 1.53 bits per heavy atom. The van der Waals surface area contributed by atoms with E-state index in [0.29, 0.717) is 13.0 Å². The second-order valence-corrected chi connectivity index (χ2v) is 3.23. The number of benzene rings is 1. The van der Waals surface area contributed by atoms with Crippen LogP contribution in [0, 0.1) is 6.92 Å². The van der Waals surface area contributed by atoms with Crippen LogP contribution in [-0.2, 0) is 0 Å². The number of nitrogens with two attached hydrogens (primary N) is 1. The number of aliphatic imine (C=N–C) groups is 1. The molecule has 0 aliphatic carbocycles. The third-order valence-electron chi connectivity index (χ3n) is 2.03. The normalized spacial score (nSPS) is 11.3. The van der Waals surface area contributed by atoms with Crippen molar-refractivity contribution in [3.8, 4) is 5.75 Å². The molecule has 0 saturated carbocycles. The highest BCUT2D eigenvalue weighted by molar-refractivity contribution is 5.81. The molecule has 15 heavy (non-hydrogen) atoms. The fraction of sp³-hybridized carbons (Fsp3) is 0.364. The molecule has 4 heteroatoms. The molecular formula is C11H17N3O. The number of hydrazine groups is 1. The Labute approximate surface area is 90.1 Å². The highest BCUT2D eigenvalue weighted by Crippen LogP contribution is 2.12. The predicted molar refractivity (Wildman–Crippen MR) is 62.0 cm³/mol. The number of hydrogen-bond acceptors (Lipinski definition) is 3. The Balaban J connectivity index is 2.38. The van der Waals surface area contributed by atoms with Crippen LogP contribution in [0.25, 0.3) is 0 Å². The van der Waals surface area contributed by atoms with Crippen molar-refractivity contribution in [1.82, 2.24) is 5.43 Å². The summed E-state index contributed by atoms with van der Waals surface area (Å²) in [6.45, 7) is 2.60. The highest BCUT2D eigenvalue weighted by Gasteiger charge is 1.97. The first-order chi connectivity index (χ1) is 7.26. The van der Waals surface area contributed by atoms with Crippen LogP contribution in [0.15, 0.2) is 29.3 Å². The van der Waals surface area contributed by atoms with Crippen LogP contribution in [0.5, 0.6) is 5.75 Å². The molecular weight excluding hydrogens is 190 g/mol. The minimum atomic E-state index is 0.570. The molecule has 0 spiro atoms. The minimum absolute atomic E-state index is 0.570. The molecule has 4 nitrogen and oxygen atoms in total. The van der Waals surface area contributed by atoms with Crippen molar-refractivity contribution < 1.29 is 4.74 Å². The lowest BCUT2D eigenvalue weighted by molar-refractivity contribution is 0.328. The lowest BCUT2D eigenvalue weighted by Gasteiger charge is -2.07. The molecule has 0 unspecified atom stereocenters. The van der Waals surface area contributed by atoms with Crippen LogP contribution in [0.4, 0.5) is 0 Å². The van der Waals surface area contributed by atoms with Crippen LogP contribution in [0.1, 0.15) is 12.0 Å². The molecule has 0 heterocycles. The van der Waals surface area contributed by atoms with Crippen molar-refractivity contribution >= 4 is 5.84 Å². The molecule has 0 aliphatic heterocycles. The molecule has 0 atom stereocenters. The number of aryl methyl sites for hydroxylation is 1. The van der Waals surface area contributed by atoms with Crippen molar-refractivity contribution in [2.24, 2.45) is 10.8 Å². The Morgan fingerprint density at radius 2 is 2.33 bits per heavy atom. The molecule has 0 saturated heterocycles. The third kappa shape index (κ3) is 3.99. The van der Waals surface area contributed by atoms with E-state index < -0.39 is 0 Å². The van der Waals surface area contributed by atoms with Gasteiger partial charge in [-0.05, 0) is 24.6 Å². The summed E-state index contributed by atoms with van der Waals surface area (Å²) >= 11 is 0. The molecule has 1 aromatic carbocycles. The number of rotatable bonds is 4. The zero-order valence-electron chi connectivity index (χ0n) is 9.16. The molecule has 0 aromatic heterocycles. The standard InChI is InChI=1S/C11H17N3O/c1-9-4-3-5-10(8-9)15-7-6-11(13-2)14-12/h3-5,8H,6-7,12H2,1-2H3,(H,13,14). The summed E-state index contributed by atoms with van der Waals surface area (Å²) in [5, 5.41) is 0. The van der Waals surface area contributed by atoms with Gasteiger partial charge in [0, 0.05) is 13.5 Å². The van der Waals surface area contributed by atoms with Gasteiger partial charge in [-0.1, -0.05) is 12.1 Å². The maximum atomic E-state index is 5.54. The average molecular weight is 207 g/mol. The van der Waals surface area contributed by atoms with E-state index >= 15 is 0 Å². The minimum Gasteiger partial charge on any atom is -0.493 e. The van der Waals surface area contributed by atoms with Crippen molar-refractivity contribution in [3.05, 3.63) is 29.8 Å². The van der Waals surface area contributed by atoms with Gasteiger partial charge in [0.25, 0.3) is 0 Å². The van der Waals surface area contributed by atoms with Crippen LogP contribution in [0.2, 0.25) is 0 Å². The lowest BCUT2D eigenvalue weighted by atomic mass is 10.2. The summed E-state index contributed by atoms with van der Waals surface area (Å²) in [6, 6.07) is 7.94. The zero-order chi connectivity index (χ0) is 11.1. The maximum Gasteiger partial charge on any atom is 0.119 e. The summed E-state index contributed by atoms with van der Waals surface area (Å²) in [5.74, 6) is 6.87. The van der Waals surface area contributed by atoms with Gasteiger partial charge in [0.05, 0.1) is 6.61 Å². The van der Waals surface area contributed by atoms with Crippen LogP contribution < -0.4 is 16.0 Å². The topological polar surface area (TPSA) is 59.6 Å². The van der Waals surface area contributed by atoms with Gasteiger partial charge < -0.3 is 10.2 Å². The molecule has 0 fully saturated rings. The molecule has 1 aromatic rings. The predicted octanol–water partition coefficient (Wildman–Crippen LogP) is 1.26. The summed E-state index contributed by atoms with van der Waals surface area (Å²) in [6.07, 6.45) is 0.681. The van der Waals surface area contributed by atoms with Crippen LogP contribution in [0.3, 0.4) is 0 Å². The van der Waals surface area contributed by atoms with Gasteiger partial charge in [0.1, 0.15) is 11.6 Å². The highest BCUT2D eigenvalue weighted by atomic mass is 16.5. The molecule has 0 aliphatic rings. The fourth-order valence-electron chi connectivity index (χ4n) is 1.22. The van der Waals surface area contributed by atoms with E-state index in [0.717, 1.165) is 11.6 Å². The fourth-order valence-corrected chi connectivity index (χ4v) is 1.22. The van der Waals surface area contributed by atoms with Gasteiger partial charge in [-0.25, -0.2) is 5.84 Å². The second-order valence-electron chi connectivity index (χ2n) is 3.23. The zero-order valence-corrected chi connectivity index (χ0v) is 9.16. The van der Waals surface area contributed by atoms with Gasteiger partial charge in [-0.3, -0.25) is 4.99 Å². The first-order valence-electron chi connectivity index (χ1n) is 4.88. The third-order valence-corrected chi connectivity index (χ3v) is 2.03. The van der Waals surface area contributed by atoms with E-state index in [1.807, 2.05) is 31.2 Å². The van der Waals surface area contributed by atoms with E-state index in [1.54, 1.807) is 7.05 Å². The molecule has 0 radical (unpaired) electrons. The SMILES string of the molecule is CN=C(CCOc1cccc(C)c1)NN. The van der Waals surface area contributed by atoms with Gasteiger partial charge in [-0.2, -0.15) is 0 Å². The summed E-state index contributed by atoms with van der Waals surface area (Å²) in [7, 11) is 1.70. The first kappa shape index (κ1) is 11.5. The van der Waals surface area contributed by atoms with Crippen molar-refractivity contribution in [2.75, 3.05) is 13.7 Å². The lowest BCUT2D eigenvalue weighted by Crippen LogP contribution is -2.31. The number of nitrogens with one attached hydrogen (secondary N) is 1. The second kappa shape index (κ2) is 6.03. The molecule has 3 N–H and O–H groups in total. The quantitative estimate of drug-likeness (QED) is 0.338. The van der Waals surface area contributed by atoms with Crippen molar-refractivity contribution in [1.29, 1.82) is 0 Å². The molecule has 0 amide bonds. The number of hydrogen-bond donors (Lipinski definition) is 2. The first-order valence-corrected chi connectivity index (χ1v) is 4.88. The van der Waals surface area contributed by atoms with E-state index in [-0.39, 0.29) is 0 Å². The largest absolute Gasteiger partial charge is 0.493 e. The summed E-state index contributed by atoms with van der Waals surface area (Å²) in [4.78, 5) is 3.96. The maximum absolute atomic E-state index is 5.54. The van der Waals surface area contributed by atoms with Gasteiger partial charge >= 0.3 is 0 Å². The Bertz CT molecular complexity index is 336. The summed E-state index contributed by atoms with van der Waals surface area (Å²) in [5.41, 5.74) is 3.71. The Hall–Kier alpha value is -1.55. The van der Waals surface area contributed by atoms with Crippen LogP contribution in [-0.4, -0.2) is 19.5 Å². The number of amidine groups is 1. The molecule has 82 valence electrons. The number of nitrogens with zero attached hydrogens (tertiary/aromatic N) is 1. The van der Waals surface area contributed by atoms with E-state index in [2.05, 4.69) is 10.4 Å². The molecule has 0 bridgehead atoms. The van der Waals surface area contributed by atoms with E-state index in [9.17, 15) is 0 Å².